The predicted molar refractivity (Wildman–Crippen MR) is 91.7 cm³/mol. The fourth-order valence-electron chi connectivity index (χ4n) is 2.46. The second kappa shape index (κ2) is 5.64. The molecule has 1 aromatic heterocycles. The summed E-state index contributed by atoms with van der Waals surface area (Å²) in [5.41, 5.74) is 2.55. The van der Waals surface area contributed by atoms with Crippen molar-refractivity contribution in [3.63, 3.8) is 0 Å². The number of benzene rings is 2. The Bertz CT molecular complexity index is 1050. The van der Waals surface area contributed by atoms with Gasteiger partial charge in [-0.15, -0.1) is 0 Å². The summed E-state index contributed by atoms with van der Waals surface area (Å²) in [4.78, 5) is 13.2. The van der Waals surface area contributed by atoms with E-state index in [9.17, 15) is 18.5 Å². The van der Waals surface area contributed by atoms with Crippen LogP contribution in [0.5, 0.6) is 0 Å². The molecule has 3 rings (SSSR count). The first-order chi connectivity index (χ1) is 11.3. The van der Waals surface area contributed by atoms with Crippen molar-refractivity contribution in [1.82, 2.24) is 4.98 Å². The lowest BCUT2D eigenvalue weighted by atomic mass is 10.1. The van der Waals surface area contributed by atoms with Crippen molar-refractivity contribution < 1.29 is 13.3 Å². The van der Waals surface area contributed by atoms with Gasteiger partial charge in [0.25, 0.3) is 15.7 Å². The normalized spacial score (nSPS) is 11.6. The Labute approximate surface area is 138 Å². The van der Waals surface area contributed by atoms with Crippen LogP contribution in [0, 0.1) is 24.0 Å². The third kappa shape index (κ3) is 2.83. The van der Waals surface area contributed by atoms with Gasteiger partial charge in [0.2, 0.25) is 0 Å². The summed E-state index contributed by atoms with van der Waals surface area (Å²) in [7, 11) is -3.88. The number of rotatable bonds is 4. The molecule has 0 aliphatic rings. The van der Waals surface area contributed by atoms with Gasteiger partial charge in [0.05, 0.1) is 10.6 Å². The van der Waals surface area contributed by atoms with Gasteiger partial charge in [-0.05, 0) is 37.1 Å². The number of anilines is 1. The van der Waals surface area contributed by atoms with Crippen LogP contribution < -0.4 is 4.72 Å². The van der Waals surface area contributed by atoms with Crippen LogP contribution in [0.1, 0.15) is 11.1 Å². The van der Waals surface area contributed by atoms with Gasteiger partial charge in [0, 0.05) is 29.2 Å². The second-order valence-corrected chi connectivity index (χ2v) is 7.21. The van der Waals surface area contributed by atoms with E-state index < -0.39 is 14.9 Å². The summed E-state index contributed by atoms with van der Waals surface area (Å²) >= 11 is 0. The van der Waals surface area contributed by atoms with Gasteiger partial charge in [-0.1, -0.05) is 12.1 Å². The van der Waals surface area contributed by atoms with Crippen molar-refractivity contribution in [3.8, 4) is 0 Å². The number of nitrogens with one attached hydrogen (secondary N) is 2. The van der Waals surface area contributed by atoms with Gasteiger partial charge in [-0.2, -0.15) is 0 Å². The van der Waals surface area contributed by atoms with Crippen molar-refractivity contribution >= 4 is 32.3 Å². The van der Waals surface area contributed by atoms with Crippen LogP contribution in [0.3, 0.4) is 0 Å². The number of fused-ring (bicyclic) bond motifs is 1. The van der Waals surface area contributed by atoms with Gasteiger partial charge < -0.3 is 4.98 Å². The number of nitro benzene ring substituents is 1. The minimum absolute atomic E-state index is 0.0258. The smallest absolute Gasteiger partial charge is 0.270 e. The molecule has 0 unspecified atom stereocenters. The molecule has 0 amide bonds. The van der Waals surface area contributed by atoms with Crippen LogP contribution in [0.25, 0.3) is 10.9 Å². The molecular weight excluding hydrogens is 330 g/mol. The van der Waals surface area contributed by atoms with E-state index in [4.69, 9.17) is 0 Å². The molecule has 8 heteroatoms. The first-order valence-electron chi connectivity index (χ1n) is 7.13. The zero-order valence-electron chi connectivity index (χ0n) is 13.0. The largest absolute Gasteiger partial charge is 0.360 e. The molecule has 0 aliphatic carbocycles. The molecule has 0 saturated heterocycles. The lowest BCUT2D eigenvalue weighted by molar-refractivity contribution is -0.384. The predicted octanol–water partition coefficient (Wildman–Crippen LogP) is 3.49. The second-order valence-electron chi connectivity index (χ2n) is 5.56. The molecule has 3 aromatic rings. The van der Waals surface area contributed by atoms with E-state index >= 15 is 0 Å². The Morgan fingerprint density at radius 2 is 1.88 bits per heavy atom. The quantitative estimate of drug-likeness (QED) is 0.557. The van der Waals surface area contributed by atoms with Gasteiger partial charge in [0.1, 0.15) is 4.90 Å². The third-order valence-corrected chi connectivity index (χ3v) is 5.17. The van der Waals surface area contributed by atoms with Crippen LogP contribution >= 0.6 is 0 Å². The first kappa shape index (κ1) is 16.0. The van der Waals surface area contributed by atoms with E-state index in [0.717, 1.165) is 11.1 Å². The number of hydrogen-bond acceptors (Lipinski definition) is 4. The number of aromatic amines is 1. The molecule has 0 saturated carbocycles. The standard InChI is InChI=1S/C16H15N3O4S/c1-10-3-4-11(2)15(7-10)18-24(22,23)16-9-17-14-6-5-12(19(20)21)8-13(14)16/h3-9,17-18H,1-2H3. The van der Waals surface area contributed by atoms with Crippen LogP contribution in [0.2, 0.25) is 0 Å². The molecule has 0 atom stereocenters. The highest BCUT2D eigenvalue weighted by atomic mass is 32.2. The maximum atomic E-state index is 12.7. The number of non-ortho nitro benzene ring substituents is 1. The van der Waals surface area contributed by atoms with E-state index in [-0.39, 0.29) is 16.0 Å². The Hall–Kier alpha value is -2.87. The SMILES string of the molecule is Cc1ccc(C)c(NS(=O)(=O)c2c[nH]c3ccc([N+](=O)[O-])cc23)c1. The molecule has 2 N–H and O–H groups in total. The van der Waals surface area contributed by atoms with Gasteiger partial charge in [0.15, 0.2) is 0 Å². The topological polar surface area (TPSA) is 105 Å². The number of nitro groups is 1. The Morgan fingerprint density at radius 1 is 1.12 bits per heavy atom. The van der Waals surface area contributed by atoms with Gasteiger partial charge >= 0.3 is 0 Å². The third-order valence-electron chi connectivity index (χ3n) is 3.77. The van der Waals surface area contributed by atoms with Crippen LogP contribution in [-0.2, 0) is 10.0 Å². The van der Waals surface area contributed by atoms with E-state index in [0.29, 0.717) is 11.2 Å². The number of aromatic nitrogens is 1. The summed E-state index contributed by atoms with van der Waals surface area (Å²) in [5.74, 6) is 0. The first-order valence-corrected chi connectivity index (χ1v) is 8.62. The Kier molecular flexibility index (Phi) is 3.76. The molecule has 0 spiro atoms. The fourth-order valence-corrected chi connectivity index (χ4v) is 3.76. The number of aryl methyl sites for hydroxylation is 2. The lowest BCUT2D eigenvalue weighted by Crippen LogP contribution is -2.13. The van der Waals surface area contributed by atoms with Crippen molar-refractivity contribution in [2.45, 2.75) is 18.7 Å². The number of H-pyrrole nitrogens is 1. The summed E-state index contributed by atoms with van der Waals surface area (Å²) in [6.45, 7) is 3.67. The van der Waals surface area contributed by atoms with E-state index in [2.05, 4.69) is 9.71 Å². The summed E-state index contributed by atoms with van der Waals surface area (Å²) in [5, 5.41) is 11.2. The maximum Gasteiger partial charge on any atom is 0.270 e. The molecule has 0 bridgehead atoms. The van der Waals surface area contributed by atoms with Crippen LogP contribution in [0.15, 0.2) is 47.5 Å². The molecule has 2 aromatic carbocycles. The van der Waals surface area contributed by atoms with Crippen molar-refractivity contribution in [2.24, 2.45) is 0 Å². The molecular formula is C16H15N3O4S. The summed E-state index contributed by atoms with van der Waals surface area (Å²) < 4.78 is 28.0. The molecule has 0 aliphatic heterocycles. The van der Waals surface area contributed by atoms with Crippen molar-refractivity contribution in [1.29, 1.82) is 0 Å². The molecule has 0 radical (unpaired) electrons. The minimum atomic E-state index is -3.88. The molecule has 24 heavy (non-hydrogen) atoms. The van der Waals surface area contributed by atoms with Crippen molar-refractivity contribution in [2.75, 3.05) is 4.72 Å². The fraction of sp³-hybridized carbons (Fsp3) is 0.125. The highest BCUT2D eigenvalue weighted by molar-refractivity contribution is 7.93. The lowest BCUT2D eigenvalue weighted by Gasteiger charge is -2.10. The van der Waals surface area contributed by atoms with E-state index in [1.165, 1.54) is 24.4 Å². The Balaban J connectivity index is 2.09. The minimum Gasteiger partial charge on any atom is -0.360 e. The highest BCUT2D eigenvalue weighted by Gasteiger charge is 2.21. The highest BCUT2D eigenvalue weighted by Crippen LogP contribution is 2.29. The van der Waals surface area contributed by atoms with Crippen molar-refractivity contribution in [3.05, 3.63) is 63.8 Å². The number of nitrogens with zero attached hydrogens (tertiary/aromatic N) is 1. The molecule has 7 nitrogen and oxygen atoms in total. The zero-order chi connectivity index (χ0) is 17.5. The zero-order valence-corrected chi connectivity index (χ0v) is 13.8. The summed E-state index contributed by atoms with van der Waals surface area (Å²) in [6.07, 6.45) is 1.34. The maximum absolute atomic E-state index is 12.7. The number of hydrogen-bond donors (Lipinski definition) is 2. The van der Waals surface area contributed by atoms with E-state index in [1.807, 2.05) is 19.1 Å². The van der Waals surface area contributed by atoms with E-state index in [1.54, 1.807) is 13.0 Å². The summed E-state index contributed by atoms with van der Waals surface area (Å²) in [6, 6.07) is 9.53. The van der Waals surface area contributed by atoms with Crippen LogP contribution in [0.4, 0.5) is 11.4 Å². The van der Waals surface area contributed by atoms with Gasteiger partial charge in [-0.25, -0.2) is 8.42 Å². The van der Waals surface area contributed by atoms with Crippen LogP contribution in [-0.4, -0.2) is 18.3 Å². The average Bonchev–Trinajstić information content (AvgIpc) is 2.94. The number of sulfonamides is 1. The molecule has 124 valence electrons. The molecule has 1 heterocycles. The monoisotopic (exact) mass is 345 g/mol. The average molecular weight is 345 g/mol. The molecule has 0 fully saturated rings. The Morgan fingerprint density at radius 3 is 2.58 bits per heavy atom. The van der Waals surface area contributed by atoms with Gasteiger partial charge in [-0.3, -0.25) is 14.8 Å².